The predicted molar refractivity (Wildman–Crippen MR) is 35.4 cm³/mol. The van der Waals surface area contributed by atoms with Crippen molar-refractivity contribution in [2.75, 3.05) is 0 Å². The van der Waals surface area contributed by atoms with Crippen molar-refractivity contribution in [3.63, 3.8) is 0 Å². The number of ketones is 1. The number of carbonyl (C=O) groups is 1. The molecule has 1 N–H and O–H groups in total. The molecule has 0 aliphatic heterocycles. The molecule has 4 heteroatoms. The van der Waals surface area contributed by atoms with Crippen LogP contribution in [0.25, 0.3) is 0 Å². The van der Waals surface area contributed by atoms with E-state index in [0.717, 1.165) is 0 Å². The fourth-order valence-electron chi connectivity index (χ4n) is 0.628. The van der Waals surface area contributed by atoms with Gasteiger partial charge in [-0.25, -0.2) is 4.98 Å². The van der Waals surface area contributed by atoms with Crippen LogP contribution >= 0.6 is 0 Å². The van der Waals surface area contributed by atoms with E-state index in [2.05, 4.69) is 15.2 Å². The molecule has 1 aromatic heterocycles. The van der Waals surface area contributed by atoms with Gasteiger partial charge in [0.2, 0.25) is 0 Å². The molecule has 0 saturated heterocycles. The van der Waals surface area contributed by atoms with Crippen molar-refractivity contribution in [1.29, 1.82) is 0 Å². The zero-order valence-electron chi connectivity index (χ0n) is 5.79. The number of hydrogen-bond acceptors (Lipinski definition) is 3. The Labute approximate surface area is 58.7 Å². The summed E-state index contributed by atoms with van der Waals surface area (Å²) in [6, 6.07) is 0. The van der Waals surface area contributed by atoms with Gasteiger partial charge in [0.25, 0.3) is 0 Å². The van der Waals surface area contributed by atoms with E-state index >= 15 is 0 Å². The maximum Gasteiger partial charge on any atom is 0.140 e. The Morgan fingerprint density at radius 2 is 2.60 bits per heavy atom. The van der Waals surface area contributed by atoms with Gasteiger partial charge in [-0.1, -0.05) is 6.92 Å². The van der Waals surface area contributed by atoms with Gasteiger partial charge in [0.05, 0.1) is 6.42 Å². The highest BCUT2D eigenvalue weighted by Gasteiger charge is 2.01. The number of aromatic amines is 1. The maximum atomic E-state index is 10.8. The normalized spacial score (nSPS) is 9.70. The average molecular weight is 139 g/mol. The maximum absolute atomic E-state index is 10.8. The quantitative estimate of drug-likeness (QED) is 0.656. The molecular formula is C6H9N3O. The molecule has 10 heavy (non-hydrogen) atoms. The Kier molecular flexibility index (Phi) is 2.15. The van der Waals surface area contributed by atoms with E-state index in [0.29, 0.717) is 18.7 Å². The molecule has 1 rings (SSSR count). The third-order valence-corrected chi connectivity index (χ3v) is 1.22. The minimum Gasteiger partial charge on any atom is -0.299 e. The third-order valence-electron chi connectivity index (χ3n) is 1.22. The van der Waals surface area contributed by atoms with E-state index in [9.17, 15) is 4.79 Å². The van der Waals surface area contributed by atoms with Gasteiger partial charge in [0.15, 0.2) is 0 Å². The number of hydrogen-bond donors (Lipinski definition) is 1. The van der Waals surface area contributed by atoms with E-state index in [1.54, 1.807) is 0 Å². The Bertz CT molecular complexity index is 205. The Morgan fingerprint density at radius 3 is 3.10 bits per heavy atom. The van der Waals surface area contributed by atoms with Crippen LogP contribution in [0.15, 0.2) is 6.33 Å². The minimum atomic E-state index is 0.178. The monoisotopic (exact) mass is 139 g/mol. The summed E-state index contributed by atoms with van der Waals surface area (Å²) in [4.78, 5) is 14.6. The highest BCUT2D eigenvalue weighted by Crippen LogP contribution is 1.91. The number of nitrogens with zero attached hydrogens (tertiary/aromatic N) is 2. The van der Waals surface area contributed by atoms with Crippen LogP contribution in [-0.2, 0) is 11.2 Å². The average Bonchev–Trinajstić information content (AvgIpc) is 2.40. The first-order chi connectivity index (χ1) is 4.83. The lowest BCUT2D eigenvalue weighted by atomic mass is 10.2. The van der Waals surface area contributed by atoms with Crippen molar-refractivity contribution < 1.29 is 4.79 Å². The van der Waals surface area contributed by atoms with E-state index in [-0.39, 0.29) is 5.78 Å². The second kappa shape index (κ2) is 3.10. The number of H-pyrrole nitrogens is 1. The van der Waals surface area contributed by atoms with E-state index < -0.39 is 0 Å². The van der Waals surface area contributed by atoms with Crippen molar-refractivity contribution in [1.82, 2.24) is 15.2 Å². The largest absolute Gasteiger partial charge is 0.299 e. The minimum absolute atomic E-state index is 0.178. The van der Waals surface area contributed by atoms with Crippen molar-refractivity contribution in [3.05, 3.63) is 12.2 Å². The molecule has 0 atom stereocenters. The molecule has 0 aliphatic rings. The lowest BCUT2D eigenvalue weighted by Crippen LogP contribution is -2.01. The topological polar surface area (TPSA) is 58.6 Å². The summed E-state index contributed by atoms with van der Waals surface area (Å²) in [6.45, 7) is 1.83. The highest BCUT2D eigenvalue weighted by molar-refractivity contribution is 5.79. The van der Waals surface area contributed by atoms with E-state index in [4.69, 9.17) is 0 Å². The first-order valence-corrected chi connectivity index (χ1v) is 3.19. The summed E-state index contributed by atoms with van der Waals surface area (Å²) in [5.74, 6) is 0.823. The van der Waals surface area contributed by atoms with Crippen LogP contribution in [0.3, 0.4) is 0 Å². The molecule has 0 radical (unpaired) electrons. The Balaban J connectivity index is 2.48. The zero-order valence-corrected chi connectivity index (χ0v) is 5.79. The van der Waals surface area contributed by atoms with Crippen LogP contribution in [0, 0.1) is 0 Å². The van der Waals surface area contributed by atoms with Gasteiger partial charge in [0.1, 0.15) is 17.9 Å². The van der Waals surface area contributed by atoms with Gasteiger partial charge in [-0.05, 0) is 0 Å². The fourth-order valence-corrected chi connectivity index (χ4v) is 0.628. The van der Waals surface area contributed by atoms with Crippen LogP contribution < -0.4 is 0 Å². The second-order valence-corrected chi connectivity index (χ2v) is 2.00. The summed E-state index contributed by atoms with van der Waals surface area (Å²) in [5.41, 5.74) is 0. The van der Waals surface area contributed by atoms with Crippen LogP contribution in [0.2, 0.25) is 0 Å². The summed E-state index contributed by atoms with van der Waals surface area (Å²) < 4.78 is 0. The van der Waals surface area contributed by atoms with Crippen LogP contribution in [0.4, 0.5) is 0 Å². The zero-order chi connectivity index (χ0) is 7.40. The number of nitrogens with one attached hydrogen (secondary N) is 1. The SMILES string of the molecule is CCC(=O)Cc1ncn[nH]1. The lowest BCUT2D eigenvalue weighted by Gasteiger charge is -1.89. The highest BCUT2D eigenvalue weighted by atomic mass is 16.1. The first kappa shape index (κ1) is 6.92. The first-order valence-electron chi connectivity index (χ1n) is 3.19. The Morgan fingerprint density at radius 1 is 1.80 bits per heavy atom. The number of aromatic nitrogens is 3. The summed E-state index contributed by atoms with van der Waals surface area (Å²) >= 11 is 0. The van der Waals surface area contributed by atoms with Crippen LogP contribution in [-0.4, -0.2) is 21.0 Å². The van der Waals surface area contributed by atoms with Crippen molar-refractivity contribution >= 4 is 5.78 Å². The molecule has 0 unspecified atom stereocenters. The second-order valence-electron chi connectivity index (χ2n) is 2.00. The van der Waals surface area contributed by atoms with Gasteiger partial charge in [-0.15, -0.1) is 0 Å². The van der Waals surface area contributed by atoms with Crippen molar-refractivity contribution in [2.24, 2.45) is 0 Å². The van der Waals surface area contributed by atoms with Crippen LogP contribution in [0.1, 0.15) is 19.2 Å². The Hall–Kier alpha value is -1.19. The summed E-state index contributed by atoms with van der Waals surface area (Å²) in [5, 5.41) is 6.24. The molecular weight excluding hydrogens is 130 g/mol. The fraction of sp³-hybridized carbons (Fsp3) is 0.500. The summed E-state index contributed by atoms with van der Waals surface area (Å²) in [6.07, 6.45) is 2.33. The van der Waals surface area contributed by atoms with Crippen LogP contribution in [0.5, 0.6) is 0 Å². The van der Waals surface area contributed by atoms with Gasteiger partial charge >= 0.3 is 0 Å². The van der Waals surface area contributed by atoms with Gasteiger partial charge < -0.3 is 0 Å². The standard InChI is InChI=1S/C6H9N3O/c1-2-5(10)3-6-7-4-8-9-6/h4H,2-3H2,1H3,(H,7,8,9). The number of Topliss-reactive ketones (excluding diaryl/α,β-unsaturated/α-hetero) is 1. The number of rotatable bonds is 3. The molecule has 0 fully saturated rings. The molecule has 0 aliphatic carbocycles. The van der Waals surface area contributed by atoms with E-state index in [1.807, 2.05) is 6.92 Å². The molecule has 1 heterocycles. The predicted octanol–water partition coefficient (Wildman–Crippen LogP) is 0.326. The molecule has 1 aromatic rings. The van der Waals surface area contributed by atoms with Gasteiger partial charge in [-0.3, -0.25) is 9.89 Å². The molecule has 0 bridgehead atoms. The smallest absolute Gasteiger partial charge is 0.140 e. The molecule has 0 amide bonds. The molecule has 0 saturated carbocycles. The van der Waals surface area contributed by atoms with Crippen molar-refractivity contribution in [2.45, 2.75) is 19.8 Å². The van der Waals surface area contributed by atoms with E-state index in [1.165, 1.54) is 6.33 Å². The summed E-state index contributed by atoms with van der Waals surface area (Å²) in [7, 11) is 0. The molecule has 0 aromatic carbocycles. The number of carbonyl (C=O) groups excluding carboxylic acids is 1. The molecule has 54 valence electrons. The third kappa shape index (κ3) is 1.65. The van der Waals surface area contributed by atoms with Crippen molar-refractivity contribution in [3.8, 4) is 0 Å². The van der Waals surface area contributed by atoms with Gasteiger partial charge in [0, 0.05) is 6.42 Å². The lowest BCUT2D eigenvalue weighted by molar-refractivity contribution is -0.118. The molecule has 0 spiro atoms. The van der Waals surface area contributed by atoms with Gasteiger partial charge in [-0.2, -0.15) is 5.10 Å². The molecule has 4 nitrogen and oxygen atoms in total.